The second-order valence-corrected chi connectivity index (χ2v) is 3.51. The predicted molar refractivity (Wildman–Crippen MR) is 56.5 cm³/mol. The molecule has 1 saturated heterocycles. The summed E-state index contributed by atoms with van der Waals surface area (Å²) in [5, 5.41) is 3.17. The summed E-state index contributed by atoms with van der Waals surface area (Å²) in [5.41, 5.74) is -0.248. The molecule has 2 rings (SSSR count). The van der Waals surface area contributed by atoms with Crippen LogP contribution in [0.15, 0.2) is 11.1 Å². The Balaban J connectivity index is 2.33. The number of aromatic amines is 1. The fraction of sp³-hybridized carbons (Fsp3) is 0.556. The number of aromatic nitrogens is 2. The SMILES string of the molecule is COc1c(N(C)C2CNC2)nc[nH]c1=O. The van der Waals surface area contributed by atoms with Gasteiger partial charge in [-0.15, -0.1) is 0 Å². The van der Waals surface area contributed by atoms with Crippen molar-refractivity contribution < 1.29 is 4.74 Å². The van der Waals surface area contributed by atoms with E-state index in [1.165, 1.54) is 13.4 Å². The maximum atomic E-state index is 11.4. The molecule has 1 aliphatic rings. The van der Waals surface area contributed by atoms with Crippen molar-refractivity contribution in [3.63, 3.8) is 0 Å². The van der Waals surface area contributed by atoms with Gasteiger partial charge in [-0.2, -0.15) is 0 Å². The van der Waals surface area contributed by atoms with Gasteiger partial charge < -0.3 is 19.9 Å². The highest BCUT2D eigenvalue weighted by Crippen LogP contribution is 2.21. The number of ether oxygens (including phenoxy) is 1. The van der Waals surface area contributed by atoms with Gasteiger partial charge in [0.2, 0.25) is 5.75 Å². The molecule has 0 aromatic carbocycles. The van der Waals surface area contributed by atoms with E-state index >= 15 is 0 Å². The molecule has 6 nitrogen and oxygen atoms in total. The van der Waals surface area contributed by atoms with Crippen molar-refractivity contribution in [1.82, 2.24) is 15.3 Å². The number of nitrogens with one attached hydrogen (secondary N) is 2. The maximum absolute atomic E-state index is 11.4. The van der Waals surface area contributed by atoms with Crippen molar-refractivity contribution in [3.05, 3.63) is 16.7 Å². The number of methoxy groups -OCH3 is 1. The summed E-state index contributed by atoms with van der Waals surface area (Å²) >= 11 is 0. The number of hydrogen-bond donors (Lipinski definition) is 2. The largest absolute Gasteiger partial charge is 0.489 e. The molecule has 1 aromatic heterocycles. The monoisotopic (exact) mass is 210 g/mol. The van der Waals surface area contributed by atoms with Crippen LogP contribution in [0, 0.1) is 0 Å². The van der Waals surface area contributed by atoms with Crippen molar-refractivity contribution in [2.24, 2.45) is 0 Å². The highest BCUT2D eigenvalue weighted by molar-refractivity contribution is 5.51. The van der Waals surface area contributed by atoms with Gasteiger partial charge in [0, 0.05) is 20.1 Å². The van der Waals surface area contributed by atoms with Crippen molar-refractivity contribution in [2.75, 3.05) is 32.1 Å². The number of anilines is 1. The zero-order valence-electron chi connectivity index (χ0n) is 8.78. The Labute approximate surface area is 87.3 Å². The summed E-state index contributed by atoms with van der Waals surface area (Å²) in [4.78, 5) is 20.0. The first kappa shape index (κ1) is 9.97. The molecule has 1 aromatic rings. The summed E-state index contributed by atoms with van der Waals surface area (Å²) in [6.07, 6.45) is 1.39. The first-order valence-corrected chi connectivity index (χ1v) is 4.79. The van der Waals surface area contributed by atoms with Crippen LogP contribution >= 0.6 is 0 Å². The van der Waals surface area contributed by atoms with Crippen molar-refractivity contribution in [3.8, 4) is 5.75 Å². The molecular formula is C9H14N4O2. The van der Waals surface area contributed by atoms with Crippen LogP contribution in [0.5, 0.6) is 5.75 Å². The molecule has 2 heterocycles. The molecule has 0 saturated carbocycles. The molecular weight excluding hydrogens is 196 g/mol. The molecule has 1 aliphatic heterocycles. The fourth-order valence-corrected chi connectivity index (χ4v) is 1.53. The summed E-state index contributed by atoms with van der Waals surface area (Å²) in [5.74, 6) is 0.861. The summed E-state index contributed by atoms with van der Waals surface area (Å²) < 4.78 is 5.05. The van der Waals surface area contributed by atoms with E-state index in [0.717, 1.165) is 13.1 Å². The van der Waals surface area contributed by atoms with Crippen LogP contribution in [0.2, 0.25) is 0 Å². The topological polar surface area (TPSA) is 70.2 Å². The Hall–Kier alpha value is -1.56. The van der Waals surface area contributed by atoms with Crippen LogP contribution in [0.3, 0.4) is 0 Å². The van der Waals surface area contributed by atoms with Gasteiger partial charge in [0.05, 0.1) is 19.5 Å². The van der Waals surface area contributed by atoms with E-state index in [1.807, 2.05) is 11.9 Å². The number of rotatable bonds is 3. The van der Waals surface area contributed by atoms with Crippen LogP contribution in [-0.4, -0.2) is 43.3 Å². The lowest BCUT2D eigenvalue weighted by Crippen LogP contribution is -2.56. The van der Waals surface area contributed by atoms with Gasteiger partial charge in [-0.25, -0.2) is 4.98 Å². The summed E-state index contributed by atoms with van der Waals surface area (Å²) in [6.45, 7) is 1.82. The molecule has 0 atom stereocenters. The summed E-state index contributed by atoms with van der Waals surface area (Å²) in [6, 6.07) is 0.383. The van der Waals surface area contributed by atoms with E-state index in [4.69, 9.17) is 4.74 Å². The maximum Gasteiger partial charge on any atom is 0.295 e. The lowest BCUT2D eigenvalue weighted by molar-refractivity contribution is 0.392. The van der Waals surface area contributed by atoms with Gasteiger partial charge in [-0.1, -0.05) is 0 Å². The van der Waals surface area contributed by atoms with E-state index in [1.54, 1.807) is 0 Å². The van der Waals surface area contributed by atoms with Crippen molar-refractivity contribution >= 4 is 5.82 Å². The highest BCUT2D eigenvalue weighted by atomic mass is 16.5. The second kappa shape index (κ2) is 3.90. The van der Waals surface area contributed by atoms with Crippen LogP contribution in [-0.2, 0) is 0 Å². The molecule has 1 fully saturated rings. The Bertz CT molecular complexity index is 399. The molecule has 0 aliphatic carbocycles. The molecule has 6 heteroatoms. The molecule has 0 bridgehead atoms. The van der Waals surface area contributed by atoms with Gasteiger partial charge in [-0.05, 0) is 0 Å². The van der Waals surface area contributed by atoms with Gasteiger partial charge in [0.15, 0.2) is 5.82 Å². The smallest absolute Gasteiger partial charge is 0.295 e. The number of nitrogens with zero attached hydrogens (tertiary/aromatic N) is 2. The Morgan fingerprint density at radius 1 is 1.60 bits per heavy atom. The average Bonchev–Trinajstić information content (AvgIpc) is 2.14. The molecule has 0 amide bonds. The standard InChI is InChI=1S/C9H14N4O2/c1-13(6-3-10-4-6)8-7(15-2)9(14)12-5-11-8/h5-6,10H,3-4H2,1-2H3,(H,11,12,14). The summed E-state index contributed by atoms with van der Waals surface area (Å²) in [7, 11) is 3.39. The first-order valence-electron chi connectivity index (χ1n) is 4.79. The first-order chi connectivity index (χ1) is 7.24. The van der Waals surface area contributed by atoms with Crippen molar-refractivity contribution in [1.29, 1.82) is 0 Å². The lowest BCUT2D eigenvalue weighted by atomic mass is 10.1. The Kier molecular flexibility index (Phi) is 2.59. The Morgan fingerprint density at radius 3 is 2.87 bits per heavy atom. The van der Waals surface area contributed by atoms with Gasteiger partial charge in [0.25, 0.3) is 5.56 Å². The lowest BCUT2D eigenvalue weighted by Gasteiger charge is -2.36. The third-order valence-corrected chi connectivity index (χ3v) is 2.64. The molecule has 0 radical (unpaired) electrons. The minimum atomic E-state index is -0.248. The van der Waals surface area contributed by atoms with Crippen LogP contribution in [0.4, 0.5) is 5.82 Å². The van der Waals surface area contributed by atoms with Gasteiger partial charge in [0.1, 0.15) is 0 Å². The molecule has 0 unspecified atom stereocenters. The molecule has 2 N–H and O–H groups in total. The third-order valence-electron chi connectivity index (χ3n) is 2.64. The van der Waals surface area contributed by atoms with Crippen LogP contribution < -0.4 is 20.5 Å². The third kappa shape index (κ3) is 1.68. The van der Waals surface area contributed by atoms with E-state index in [0.29, 0.717) is 11.9 Å². The second-order valence-electron chi connectivity index (χ2n) is 3.51. The zero-order chi connectivity index (χ0) is 10.8. The minimum absolute atomic E-state index is 0.248. The fourth-order valence-electron chi connectivity index (χ4n) is 1.53. The zero-order valence-corrected chi connectivity index (χ0v) is 8.78. The highest BCUT2D eigenvalue weighted by Gasteiger charge is 2.25. The van der Waals surface area contributed by atoms with E-state index in [2.05, 4.69) is 15.3 Å². The van der Waals surface area contributed by atoms with Crippen LogP contribution in [0.25, 0.3) is 0 Å². The average molecular weight is 210 g/mol. The number of hydrogen-bond acceptors (Lipinski definition) is 5. The van der Waals surface area contributed by atoms with E-state index in [-0.39, 0.29) is 11.3 Å². The molecule has 0 spiro atoms. The predicted octanol–water partition coefficient (Wildman–Crippen LogP) is -0.813. The Morgan fingerprint density at radius 2 is 2.33 bits per heavy atom. The normalized spacial score (nSPS) is 15.9. The van der Waals surface area contributed by atoms with Crippen LogP contribution in [0.1, 0.15) is 0 Å². The quantitative estimate of drug-likeness (QED) is 0.682. The van der Waals surface area contributed by atoms with Crippen molar-refractivity contribution in [2.45, 2.75) is 6.04 Å². The number of likely N-dealkylation sites (N-methyl/N-ethyl adjacent to an activating group) is 1. The van der Waals surface area contributed by atoms with E-state index < -0.39 is 0 Å². The number of H-pyrrole nitrogens is 1. The van der Waals surface area contributed by atoms with E-state index in [9.17, 15) is 4.79 Å². The van der Waals surface area contributed by atoms with Gasteiger partial charge in [-0.3, -0.25) is 4.79 Å². The van der Waals surface area contributed by atoms with Gasteiger partial charge >= 0.3 is 0 Å². The minimum Gasteiger partial charge on any atom is -0.489 e. The molecule has 15 heavy (non-hydrogen) atoms. The molecule has 82 valence electrons.